The Morgan fingerprint density at radius 1 is 0.754 bits per heavy atom. The Kier molecular flexibility index (Phi) is 14.2. The third kappa shape index (κ3) is 9.91. The normalized spacial score (nSPS) is 15.4. The molecule has 2 heterocycles. The van der Waals surface area contributed by atoms with Gasteiger partial charge in [-0.05, 0) is 81.1 Å². The number of aromatic nitrogens is 2. The summed E-state index contributed by atoms with van der Waals surface area (Å²) in [5, 5.41) is 6.63. The molecule has 3 aromatic rings. The Morgan fingerprint density at radius 3 is 1.66 bits per heavy atom. The Bertz CT molecular complexity index is 2020. The van der Waals surface area contributed by atoms with Crippen LogP contribution in [0.1, 0.15) is 139 Å². The Balaban J connectivity index is 1.97. The van der Waals surface area contributed by atoms with Gasteiger partial charge in [0.15, 0.2) is 5.78 Å². The highest BCUT2D eigenvalue weighted by molar-refractivity contribution is 6.99. The summed E-state index contributed by atoms with van der Waals surface area (Å²) < 4.78 is 25.7. The molecule has 1 aliphatic heterocycles. The number of esters is 1. The molecule has 0 N–H and O–H groups in total. The lowest BCUT2D eigenvalue weighted by atomic mass is 9.54. The molecule has 12 heteroatoms. The van der Waals surface area contributed by atoms with Gasteiger partial charge in [-0.3, -0.25) is 14.5 Å². The van der Waals surface area contributed by atoms with Crippen LogP contribution in [0, 0.1) is 16.7 Å². The minimum absolute atomic E-state index is 0.0113. The van der Waals surface area contributed by atoms with E-state index in [0.717, 1.165) is 15.1 Å². The van der Waals surface area contributed by atoms with Crippen LogP contribution in [0.4, 0.5) is 9.59 Å². The summed E-state index contributed by atoms with van der Waals surface area (Å²) in [6.45, 7) is 35.4. The molecule has 0 saturated carbocycles. The number of carbonyl (C=O) groups is 4. The van der Waals surface area contributed by atoms with Gasteiger partial charge >= 0.3 is 18.2 Å². The number of Topliss-reactive ketones (excluding diaryl/α,β-unsaturated/α-hetero) is 1. The first-order chi connectivity index (χ1) is 27.9. The van der Waals surface area contributed by atoms with Gasteiger partial charge in [0, 0.05) is 18.5 Å². The minimum Gasteiger partial charge on any atom is -0.465 e. The molecule has 2 aromatic carbocycles. The van der Waals surface area contributed by atoms with E-state index in [1.165, 1.54) is 0 Å². The van der Waals surface area contributed by atoms with Gasteiger partial charge in [-0.2, -0.15) is 9.78 Å². The van der Waals surface area contributed by atoms with Gasteiger partial charge in [0.2, 0.25) is 0 Å². The van der Waals surface area contributed by atoms with Crippen molar-refractivity contribution in [3.8, 4) is 0 Å². The molecule has 0 bridgehead atoms. The number of benzene rings is 2. The number of amides is 1. The summed E-state index contributed by atoms with van der Waals surface area (Å²) in [6, 6.07) is 20.4. The molecule has 1 unspecified atom stereocenters. The average Bonchev–Trinajstić information content (AvgIpc) is 3.52. The number of nitrogens with zero attached hydrogens (tertiary/aromatic N) is 3. The third-order valence-corrected chi connectivity index (χ3v) is 16.2. The second kappa shape index (κ2) is 17.7. The molecular formula is C49H71N3O8Si. The zero-order valence-corrected chi connectivity index (χ0v) is 40.7. The van der Waals surface area contributed by atoms with Crippen molar-refractivity contribution in [2.24, 2.45) is 16.7 Å². The summed E-state index contributed by atoms with van der Waals surface area (Å²) in [7, 11) is -3.04. The molecule has 1 amide bonds. The molecule has 1 atom stereocenters. The Labute approximate surface area is 365 Å². The molecule has 0 aliphatic carbocycles. The van der Waals surface area contributed by atoms with E-state index >= 15 is 4.79 Å². The lowest BCUT2D eigenvalue weighted by molar-refractivity contribution is -0.146. The lowest BCUT2D eigenvalue weighted by Gasteiger charge is -2.60. The number of fused-ring (bicyclic) bond motifs is 1. The topological polar surface area (TPSA) is 126 Å². The van der Waals surface area contributed by atoms with Crippen molar-refractivity contribution in [3.05, 3.63) is 89.8 Å². The second-order valence-electron chi connectivity index (χ2n) is 21.2. The summed E-state index contributed by atoms with van der Waals surface area (Å²) in [5.41, 5.74) is -3.48. The lowest BCUT2D eigenvalue weighted by Crippen LogP contribution is -2.66. The van der Waals surface area contributed by atoms with Gasteiger partial charge in [0.1, 0.15) is 22.8 Å². The molecule has 0 fully saturated rings. The van der Waals surface area contributed by atoms with E-state index < -0.39 is 65.7 Å². The fourth-order valence-electron chi connectivity index (χ4n) is 9.44. The number of hydrogen-bond acceptors (Lipinski definition) is 9. The van der Waals surface area contributed by atoms with Crippen molar-refractivity contribution in [1.29, 1.82) is 0 Å². The van der Waals surface area contributed by atoms with Gasteiger partial charge in [-0.25, -0.2) is 9.59 Å². The Hall–Kier alpha value is -4.55. The second-order valence-corrected chi connectivity index (χ2v) is 25.5. The number of carbonyl (C=O) groups excluding carboxylic acids is 4. The van der Waals surface area contributed by atoms with E-state index in [2.05, 4.69) is 51.6 Å². The van der Waals surface area contributed by atoms with Gasteiger partial charge in [0.05, 0.1) is 24.4 Å². The fraction of sp³-hybridized carbons (Fsp3) is 0.571. The van der Waals surface area contributed by atoms with Crippen molar-refractivity contribution >= 4 is 42.6 Å². The maximum Gasteiger partial charge on any atom is 0.435 e. The first kappa shape index (κ1) is 49.1. The molecule has 0 saturated heterocycles. The monoisotopic (exact) mass is 858 g/mol. The van der Waals surface area contributed by atoms with Crippen LogP contribution in [0.2, 0.25) is 5.04 Å². The molecule has 4 rings (SSSR count). The molecular weight excluding hydrogens is 787 g/mol. The van der Waals surface area contributed by atoms with Gasteiger partial charge in [0.25, 0.3) is 8.32 Å². The van der Waals surface area contributed by atoms with E-state index in [-0.39, 0.29) is 43.3 Å². The van der Waals surface area contributed by atoms with Crippen LogP contribution in [-0.2, 0) is 35.4 Å². The average molecular weight is 858 g/mol. The van der Waals surface area contributed by atoms with Crippen LogP contribution in [0.25, 0.3) is 0 Å². The summed E-state index contributed by atoms with van der Waals surface area (Å²) in [5.74, 6) is -2.93. The van der Waals surface area contributed by atoms with Gasteiger partial charge in [-0.1, -0.05) is 135 Å². The zero-order valence-electron chi connectivity index (χ0n) is 39.7. The predicted octanol–water partition coefficient (Wildman–Crippen LogP) is 9.63. The van der Waals surface area contributed by atoms with Crippen molar-refractivity contribution in [1.82, 2.24) is 14.7 Å². The van der Waals surface area contributed by atoms with E-state index in [9.17, 15) is 14.4 Å². The third-order valence-electron chi connectivity index (χ3n) is 11.2. The van der Waals surface area contributed by atoms with Crippen molar-refractivity contribution in [2.75, 3.05) is 19.8 Å². The highest BCUT2D eigenvalue weighted by atomic mass is 28.4. The van der Waals surface area contributed by atoms with Crippen LogP contribution in [0.5, 0.6) is 0 Å². The summed E-state index contributed by atoms with van der Waals surface area (Å²) >= 11 is 0. The highest BCUT2D eigenvalue weighted by Crippen LogP contribution is 2.59. The van der Waals surface area contributed by atoms with Crippen LogP contribution >= 0.6 is 0 Å². The first-order valence-corrected chi connectivity index (χ1v) is 23.3. The molecule has 61 heavy (non-hydrogen) atoms. The van der Waals surface area contributed by atoms with Crippen LogP contribution in [0.3, 0.4) is 0 Å². The molecule has 1 aliphatic rings. The van der Waals surface area contributed by atoms with Crippen molar-refractivity contribution in [3.63, 3.8) is 0 Å². The number of ketones is 1. The number of rotatable bonds is 11. The predicted molar refractivity (Wildman–Crippen MR) is 243 cm³/mol. The van der Waals surface area contributed by atoms with Crippen LogP contribution < -0.4 is 10.4 Å². The number of hydrogen-bond donors (Lipinski definition) is 0. The smallest absolute Gasteiger partial charge is 0.435 e. The highest BCUT2D eigenvalue weighted by Gasteiger charge is 2.63. The molecule has 1 aromatic heterocycles. The van der Waals surface area contributed by atoms with Crippen LogP contribution in [-0.4, -0.2) is 77.9 Å². The molecule has 334 valence electrons. The van der Waals surface area contributed by atoms with E-state index in [4.69, 9.17) is 23.7 Å². The first-order valence-electron chi connectivity index (χ1n) is 21.4. The van der Waals surface area contributed by atoms with Gasteiger partial charge in [-0.15, -0.1) is 0 Å². The minimum atomic E-state index is -3.04. The van der Waals surface area contributed by atoms with Crippen molar-refractivity contribution < 1.29 is 37.8 Å². The van der Waals surface area contributed by atoms with E-state index in [0.29, 0.717) is 16.8 Å². The van der Waals surface area contributed by atoms with E-state index in [1.807, 2.05) is 77.9 Å². The SMILES string of the molecule is C=C(CO[Si](c1ccccc1)(c1ccccc1)C(C)(C)C)CC(C(=O)OCC)C(=O)c1c2c(nn1C(=O)OC(C)(C)C)CCN(C(=O)OC(C)(C)C)C2(C(C)(C)C)C(C)(C)C. The molecule has 0 radical (unpaired) electrons. The quantitative estimate of drug-likeness (QED) is 0.0463. The molecule has 0 spiro atoms. The fourth-order valence-corrected chi connectivity index (χ4v) is 14.0. The Morgan fingerprint density at radius 2 is 1.23 bits per heavy atom. The largest absolute Gasteiger partial charge is 0.465 e. The number of ether oxygens (including phenoxy) is 3. The van der Waals surface area contributed by atoms with E-state index in [1.54, 1.807) is 53.4 Å². The van der Waals surface area contributed by atoms with Crippen LogP contribution in [0.15, 0.2) is 72.8 Å². The maximum atomic E-state index is 15.7. The maximum absolute atomic E-state index is 15.7. The summed E-state index contributed by atoms with van der Waals surface area (Å²) in [4.78, 5) is 60.4. The summed E-state index contributed by atoms with van der Waals surface area (Å²) in [6.07, 6.45) is -1.39. The van der Waals surface area contributed by atoms with Gasteiger partial charge < -0.3 is 18.6 Å². The standard InChI is InChI=1S/C49H71N3O8Si/c1-18-57-41(54)36(31-33(2)32-58-61(48(15,16)17,34-25-21-19-22-26-34)35-27-23-20-24-28-35)40(53)39-38-37(50-52(39)43(56)60-47(12,13)14)29-30-51(42(55)59-46(9,10)11)49(38,44(3,4)5)45(6,7)8/h19-28,36H,2,18,29-32H2,1,3-17H3. The van der Waals surface area contributed by atoms with Crippen molar-refractivity contribution in [2.45, 2.75) is 145 Å². The molecule has 11 nitrogen and oxygen atoms in total. The zero-order chi connectivity index (χ0) is 46.1.